The minimum absolute atomic E-state index is 0.0310. The smallest absolute Gasteiger partial charge is 0.333 e. The van der Waals surface area contributed by atoms with Crippen LogP contribution < -0.4 is 0 Å². The second-order valence-electron chi connectivity index (χ2n) is 38.8. The van der Waals surface area contributed by atoms with Crippen LogP contribution in [0.1, 0.15) is 147 Å². The van der Waals surface area contributed by atoms with Gasteiger partial charge in [0.15, 0.2) is 43.8 Å². The van der Waals surface area contributed by atoms with Crippen LogP contribution in [0.2, 0.25) is 0 Å². The molecule has 5 aliphatic carbocycles. The number of fused-ring (bicyclic) bond motifs is 7. The number of ether oxygens (including phenoxy) is 16. The van der Waals surface area contributed by atoms with E-state index in [1.54, 1.807) is 26.8 Å². The number of aliphatic hydroxyl groups is 21. The summed E-state index contributed by atoms with van der Waals surface area (Å²) in [6.45, 7) is 20.3. The quantitative estimate of drug-likeness (QED) is 0.0121. The maximum absolute atomic E-state index is 16.1. The fourth-order valence-corrected chi connectivity index (χ4v) is 21.8. The SMILES string of the molecule is C=C[C@](C)(CC/C=C(\C)C(=O)O[C@H]1CC2(C(=O)O[C@@H]3O[C@H](CO[C@@H]4O[C@@H](C)[C@H](O)[C@@H](O)[C@H]4O)[C@@H](O)[C@H](O)[C@H]3O)C(CC1(C)C)C1=CC[C@@H]3[C@@]4(C)CC[C@H](O[C@@H]5O[C@H](CO[C@@H]6OC[C@@H](O[C@H]7OC[C@@H](O)[C@H](O)[C@H]7O)[C@H](O)[C@H]6O)[C@@H](O)[C@H](O)[C@H]5O)C(C)(CO)[C@@H]4CC[C@@]3(C)[C@]1(C)C[C@@H]2O)O[C@@H]1OC[C@H](OC(=O)CC(C)C)[C@H](O[C@@H]2O[C@H](CO)[C@@H](O)[C@H](O)[C@H]2O)[C@H]1O. The Balaban J connectivity index is 0.767. The molecule has 7 aliphatic heterocycles. The highest BCUT2D eigenvalue weighted by molar-refractivity contribution is 5.88. The van der Waals surface area contributed by atoms with Crippen LogP contribution in [0.5, 0.6) is 0 Å². The number of aliphatic hydroxyl groups excluding tert-OH is 21. The van der Waals surface area contributed by atoms with Gasteiger partial charge in [0.1, 0.15) is 152 Å². The summed E-state index contributed by atoms with van der Waals surface area (Å²) >= 11 is 0. The summed E-state index contributed by atoms with van der Waals surface area (Å²) in [6.07, 6.45) is -50.4. The predicted octanol–water partition coefficient (Wildman–Crippen LogP) is -4.89. The highest BCUT2D eigenvalue weighted by Gasteiger charge is 2.74. The molecule has 12 aliphatic rings. The van der Waals surface area contributed by atoms with Crippen LogP contribution in [0, 0.1) is 56.2 Å². The number of esters is 3. The molecule has 7 saturated heterocycles. The average molecular weight is 1780 g/mol. The molecule has 0 bridgehead atoms. The second kappa shape index (κ2) is 38.8. The lowest BCUT2D eigenvalue weighted by Gasteiger charge is -2.72. The molecule has 11 fully saturated rings. The van der Waals surface area contributed by atoms with Gasteiger partial charge in [-0.2, -0.15) is 0 Å². The number of carbonyl (C=O) groups is 3. The maximum Gasteiger partial charge on any atom is 0.333 e. The van der Waals surface area contributed by atoms with E-state index in [0.717, 1.165) is 5.57 Å². The number of hydrogen-bond donors (Lipinski definition) is 21. The van der Waals surface area contributed by atoms with Gasteiger partial charge in [0.05, 0.1) is 70.2 Å². The minimum Gasteiger partial charge on any atom is -0.458 e. The fraction of sp³-hybridized carbons (Fsp3) is 0.893. The Morgan fingerprint density at radius 1 is 0.556 bits per heavy atom. The Kier molecular flexibility index (Phi) is 31.1. The fourth-order valence-electron chi connectivity index (χ4n) is 21.8. The third-order valence-electron chi connectivity index (χ3n) is 29.9. The average Bonchev–Trinajstić information content (AvgIpc) is 0.667. The topological polar surface area (TPSA) is 624 Å². The van der Waals surface area contributed by atoms with Crippen LogP contribution in [0.4, 0.5) is 0 Å². The van der Waals surface area contributed by atoms with Crippen molar-refractivity contribution >= 4 is 17.9 Å². The molecular weight excluding hydrogens is 1650 g/mol. The summed E-state index contributed by atoms with van der Waals surface area (Å²) in [5.74, 6) is -4.22. The van der Waals surface area contributed by atoms with Crippen molar-refractivity contribution in [3.8, 4) is 0 Å². The molecule has 124 heavy (non-hydrogen) atoms. The molecule has 4 saturated carbocycles. The summed E-state index contributed by atoms with van der Waals surface area (Å²) in [7, 11) is 0. The normalized spacial score (nSPS) is 49.7. The van der Waals surface area contributed by atoms with Crippen molar-refractivity contribution in [3.05, 3.63) is 36.0 Å². The number of rotatable bonds is 27. The molecule has 0 aromatic heterocycles. The molecule has 0 radical (unpaired) electrons. The molecule has 0 aromatic carbocycles. The molecule has 7 heterocycles. The highest BCUT2D eigenvalue weighted by Crippen LogP contribution is 2.76. The van der Waals surface area contributed by atoms with Crippen LogP contribution in [0.15, 0.2) is 36.0 Å². The molecule has 44 atom stereocenters. The Hall–Kier alpha value is -3.73. The van der Waals surface area contributed by atoms with Gasteiger partial charge in [0, 0.05) is 29.2 Å². The maximum atomic E-state index is 16.1. The molecule has 0 amide bonds. The van der Waals surface area contributed by atoms with Crippen molar-refractivity contribution < 1.29 is 197 Å². The van der Waals surface area contributed by atoms with Gasteiger partial charge in [-0.1, -0.05) is 79.2 Å². The third kappa shape index (κ3) is 18.8. The van der Waals surface area contributed by atoms with Crippen LogP contribution in [-0.4, -0.2) is 392 Å². The highest BCUT2D eigenvalue weighted by atomic mass is 16.8. The molecule has 21 N–H and O–H groups in total. The summed E-state index contributed by atoms with van der Waals surface area (Å²) < 4.78 is 95.0. The van der Waals surface area contributed by atoms with Crippen LogP contribution >= 0.6 is 0 Å². The van der Waals surface area contributed by atoms with Gasteiger partial charge >= 0.3 is 17.9 Å². The van der Waals surface area contributed by atoms with E-state index in [0.29, 0.717) is 25.7 Å². The summed E-state index contributed by atoms with van der Waals surface area (Å²) in [5, 5.41) is 232. The van der Waals surface area contributed by atoms with Gasteiger partial charge in [-0.15, -0.1) is 6.58 Å². The summed E-state index contributed by atoms with van der Waals surface area (Å²) in [5.41, 5.74) is -6.92. The Morgan fingerprint density at radius 2 is 1.11 bits per heavy atom. The van der Waals surface area contributed by atoms with Crippen LogP contribution in [-0.2, 0) is 90.2 Å². The molecular formula is C84H134O40. The van der Waals surface area contributed by atoms with Crippen molar-refractivity contribution in [1.29, 1.82) is 0 Å². The zero-order chi connectivity index (χ0) is 91.1. The standard InChI is InChI=1S/C84H134O40/c1-13-79(8,124-73-67(106)68(44(32-113-73)115-50(89)23-34(2)3)122-75-65(104)58(97)53(92)40(27-85)116-75)20-14-15-35(4)69(107)120-49-26-84(77(108)123-76-66(105)60(99)55(94)42(119-76)31-112-71-63(102)57(96)51(90)36(5)114-71)38(24-78(49,6)7)37-16-17-46-80(9)21-19-48(81(10,33-86)45(80)18-22-82(46,11)83(37,12)25-47(84)88)121-74-64(103)59(98)54(93)41(118-74)29-110-70-62(101)56(95)43(30-111-70)117-72-61(100)52(91)39(87)28-109-72/h13,15-16,34,36,38-49,51-68,70-76,85-88,90-106H,1,14,17-33H2,2-12H3/b35-15+/t36-,38?,39+,40+,41+,42+,43+,44-,45+,46+,47-,48-,49-,51-,52-,53+,54+,55+,56-,57+,58-,59-,60-,61+,62+,63+,64+,65+,66+,67+,68-,70+,71+,72+,73-,74-,75-,76-,79+,80-,81?,82+,83+,84?/m0/s1. The van der Waals surface area contributed by atoms with Crippen molar-refractivity contribution in [3.63, 3.8) is 0 Å². The van der Waals surface area contributed by atoms with Gasteiger partial charge in [0.25, 0.3) is 0 Å². The number of carbonyl (C=O) groups excluding carboxylic acids is 3. The largest absolute Gasteiger partial charge is 0.458 e. The van der Waals surface area contributed by atoms with Crippen LogP contribution in [0.3, 0.4) is 0 Å². The molecule has 40 heteroatoms. The number of hydrogen-bond acceptors (Lipinski definition) is 40. The second-order valence-corrected chi connectivity index (χ2v) is 38.8. The first-order valence-corrected chi connectivity index (χ1v) is 43.2. The first-order chi connectivity index (χ1) is 58.1. The van der Waals surface area contributed by atoms with E-state index in [1.165, 1.54) is 19.9 Å². The lowest BCUT2D eigenvalue weighted by Crippen LogP contribution is -2.70. The van der Waals surface area contributed by atoms with Crippen molar-refractivity contribution in [2.24, 2.45) is 56.2 Å². The Morgan fingerprint density at radius 3 is 1.74 bits per heavy atom. The van der Waals surface area contributed by atoms with E-state index in [9.17, 15) is 117 Å². The van der Waals surface area contributed by atoms with Crippen LogP contribution in [0.25, 0.3) is 0 Å². The Labute approximate surface area is 718 Å². The zero-order valence-corrected chi connectivity index (χ0v) is 71.8. The Bertz CT molecular complexity index is 3690. The van der Waals surface area contributed by atoms with E-state index >= 15 is 4.79 Å². The summed E-state index contributed by atoms with van der Waals surface area (Å²) in [6, 6.07) is 0. The van der Waals surface area contributed by atoms with E-state index in [-0.39, 0.29) is 61.9 Å². The first kappa shape index (κ1) is 99.3. The molecule has 12 rings (SSSR count). The van der Waals surface area contributed by atoms with E-state index in [1.807, 2.05) is 20.8 Å². The zero-order valence-electron chi connectivity index (χ0n) is 71.8. The van der Waals surface area contributed by atoms with Gasteiger partial charge in [-0.25, -0.2) is 4.79 Å². The van der Waals surface area contributed by atoms with Gasteiger partial charge in [0.2, 0.25) is 6.29 Å². The third-order valence-corrected chi connectivity index (χ3v) is 29.9. The van der Waals surface area contributed by atoms with E-state index in [4.69, 9.17) is 75.8 Å². The monoisotopic (exact) mass is 1780 g/mol. The lowest BCUT2D eigenvalue weighted by atomic mass is 9.33. The van der Waals surface area contributed by atoms with E-state index in [2.05, 4.69) is 33.4 Å². The van der Waals surface area contributed by atoms with E-state index < -0.39 is 330 Å². The molecule has 0 spiro atoms. The van der Waals surface area contributed by atoms with Crippen molar-refractivity contribution in [2.45, 2.75) is 367 Å². The minimum atomic E-state index is -2.14. The van der Waals surface area contributed by atoms with Crippen molar-refractivity contribution in [2.75, 3.05) is 46.2 Å². The lowest BCUT2D eigenvalue weighted by molar-refractivity contribution is -0.354. The first-order valence-electron chi connectivity index (χ1n) is 43.2. The summed E-state index contributed by atoms with van der Waals surface area (Å²) in [4.78, 5) is 44.0. The van der Waals surface area contributed by atoms with Crippen molar-refractivity contribution in [1.82, 2.24) is 0 Å². The van der Waals surface area contributed by atoms with Gasteiger partial charge in [-0.3, -0.25) is 9.59 Å². The van der Waals surface area contributed by atoms with Gasteiger partial charge < -0.3 is 183 Å². The molecule has 0 aromatic rings. The number of allylic oxidation sites excluding steroid dienone is 3. The molecule has 3 unspecified atom stereocenters. The molecule has 710 valence electrons. The predicted molar refractivity (Wildman–Crippen MR) is 416 cm³/mol. The van der Waals surface area contributed by atoms with Gasteiger partial charge in [-0.05, 0) is 118 Å². The molecule has 40 nitrogen and oxygen atoms in total.